The zero-order chi connectivity index (χ0) is 14.1. The van der Waals surface area contributed by atoms with Gasteiger partial charge in [0.15, 0.2) is 6.10 Å². The van der Waals surface area contributed by atoms with E-state index in [1.165, 1.54) is 6.07 Å². The number of ketones is 1. The number of aryl methyl sites for hydroxylation is 1. The van der Waals surface area contributed by atoms with Crippen LogP contribution in [0, 0.1) is 12.7 Å². The number of para-hydroxylation sites is 2. The first-order valence-corrected chi connectivity index (χ1v) is 6.45. The van der Waals surface area contributed by atoms with Gasteiger partial charge in [-0.3, -0.25) is 4.79 Å². The molecule has 0 fully saturated rings. The van der Waals surface area contributed by atoms with Crippen LogP contribution in [-0.4, -0.2) is 18.4 Å². The number of nitrogens with one attached hydrogen (secondary N) is 1. The van der Waals surface area contributed by atoms with E-state index in [1.807, 2.05) is 25.1 Å². The van der Waals surface area contributed by atoms with Crippen molar-refractivity contribution in [3.63, 3.8) is 0 Å². The van der Waals surface area contributed by atoms with Gasteiger partial charge in [0.1, 0.15) is 11.6 Å². The van der Waals surface area contributed by atoms with Crippen LogP contribution < -0.4 is 10.1 Å². The van der Waals surface area contributed by atoms with Gasteiger partial charge in [-0.15, -0.1) is 0 Å². The first kappa shape index (κ1) is 12.7. The maximum Gasteiger partial charge on any atom is 0.208 e. The molecule has 0 aliphatic carbocycles. The lowest BCUT2D eigenvalue weighted by Gasteiger charge is -2.26. The predicted molar refractivity (Wildman–Crippen MR) is 74.8 cm³/mol. The van der Waals surface area contributed by atoms with Crippen molar-refractivity contribution in [1.82, 2.24) is 0 Å². The van der Waals surface area contributed by atoms with Crippen molar-refractivity contribution in [2.45, 2.75) is 13.0 Å². The number of carbonyl (C=O) groups is 1. The monoisotopic (exact) mass is 271 g/mol. The predicted octanol–water partition coefficient (Wildman–Crippen LogP) is 3.19. The number of ether oxygens (including phenoxy) is 1. The van der Waals surface area contributed by atoms with Crippen LogP contribution in [0.4, 0.5) is 10.1 Å². The van der Waals surface area contributed by atoms with Crippen LogP contribution in [0.15, 0.2) is 42.5 Å². The molecule has 2 aromatic rings. The minimum Gasteiger partial charge on any atom is -0.478 e. The molecule has 2 aromatic carbocycles. The van der Waals surface area contributed by atoms with E-state index < -0.39 is 11.9 Å². The molecule has 3 nitrogen and oxygen atoms in total. The minimum absolute atomic E-state index is 0.0798. The van der Waals surface area contributed by atoms with Gasteiger partial charge in [0.2, 0.25) is 5.78 Å². The smallest absolute Gasteiger partial charge is 0.208 e. The third-order valence-corrected chi connectivity index (χ3v) is 3.31. The molecule has 1 N–H and O–H groups in total. The molecule has 0 aromatic heterocycles. The highest BCUT2D eigenvalue weighted by Crippen LogP contribution is 2.29. The van der Waals surface area contributed by atoms with Crippen LogP contribution in [0.3, 0.4) is 0 Å². The first-order valence-electron chi connectivity index (χ1n) is 6.45. The molecule has 3 rings (SSSR count). The molecule has 1 aliphatic heterocycles. The Morgan fingerprint density at radius 2 is 2.10 bits per heavy atom. The summed E-state index contributed by atoms with van der Waals surface area (Å²) in [5.74, 6) is -0.235. The highest BCUT2D eigenvalue weighted by molar-refractivity contribution is 6.00. The van der Waals surface area contributed by atoms with E-state index in [-0.39, 0.29) is 11.3 Å². The molecule has 0 amide bonds. The van der Waals surface area contributed by atoms with Gasteiger partial charge in [-0.05, 0) is 31.2 Å². The summed E-state index contributed by atoms with van der Waals surface area (Å²) in [7, 11) is 0. The van der Waals surface area contributed by atoms with E-state index in [0.29, 0.717) is 12.3 Å². The highest BCUT2D eigenvalue weighted by atomic mass is 19.1. The topological polar surface area (TPSA) is 38.3 Å². The Hall–Kier alpha value is -2.36. The van der Waals surface area contributed by atoms with Gasteiger partial charge in [0.05, 0.1) is 17.8 Å². The molecule has 0 radical (unpaired) electrons. The second-order valence-corrected chi connectivity index (χ2v) is 4.83. The van der Waals surface area contributed by atoms with Gasteiger partial charge in [-0.1, -0.05) is 23.8 Å². The molecule has 1 heterocycles. The molecule has 0 bridgehead atoms. The molecule has 1 atom stereocenters. The SMILES string of the molecule is Cc1ccc(F)c(C(=O)C2CNc3ccccc3O2)c1. The second kappa shape index (κ2) is 4.96. The van der Waals surface area contributed by atoms with Crippen LogP contribution in [-0.2, 0) is 0 Å². The third kappa shape index (κ3) is 2.25. The van der Waals surface area contributed by atoms with E-state index in [2.05, 4.69) is 5.32 Å². The lowest BCUT2D eigenvalue weighted by molar-refractivity contribution is 0.0797. The Morgan fingerprint density at radius 3 is 2.95 bits per heavy atom. The number of carbonyl (C=O) groups excluding carboxylic acids is 1. The van der Waals surface area contributed by atoms with Gasteiger partial charge in [-0.2, -0.15) is 0 Å². The van der Waals surface area contributed by atoms with Crippen LogP contribution in [0.1, 0.15) is 15.9 Å². The normalized spacial score (nSPS) is 16.8. The molecule has 1 unspecified atom stereocenters. The summed E-state index contributed by atoms with van der Waals surface area (Å²) in [4.78, 5) is 12.4. The molecular formula is C16H14FNO2. The van der Waals surface area contributed by atoms with E-state index in [0.717, 1.165) is 11.3 Å². The lowest BCUT2D eigenvalue weighted by atomic mass is 10.0. The average molecular weight is 271 g/mol. The van der Waals surface area contributed by atoms with E-state index in [4.69, 9.17) is 4.74 Å². The fourth-order valence-electron chi connectivity index (χ4n) is 2.26. The second-order valence-electron chi connectivity index (χ2n) is 4.83. The largest absolute Gasteiger partial charge is 0.478 e. The average Bonchev–Trinajstić information content (AvgIpc) is 2.48. The maximum absolute atomic E-state index is 13.8. The molecule has 4 heteroatoms. The molecule has 1 aliphatic rings. The van der Waals surface area contributed by atoms with E-state index >= 15 is 0 Å². The Kier molecular flexibility index (Phi) is 3.14. The first-order chi connectivity index (χ1) is 9.65. The Labute approximate surface area is 116 Å². The summed E-state index contributed by atoms with van der Waals surface area (Å²) < 4.78 is 19.4. The van der Waals surface area contributed by atoms with Crippen LogP contribution in [0.5, 0.6) is 5.75 Å². The van der Waals surface area contributed by atoms with Gasteiger partial charge in [0, 0.05) is 0 Å². The number of anilines is 1. The summed E-state index contributed by atoms with van der Waals surface area (Å²) in [5, 5.41) is 3.13. The molecular weight excluding hydrogens is 257 g/mol. The number of hydrogen-bond acceptors (Lipinski definition) is 3. The Balaban J connectivity index is 1.88. The van der Waals surface area contributed by atoms with Crippen LogP contribution in [0.25, 0.3) is 0 Å². The van der Waals surface area contributed by atoms with Crippen molar-refractivity contribution in [2.24, 2.45) is 0 Å². The molecule has 102 valence electrons. The van der Waals surface area contributed by atoms with Crippen molar-refractivity contribution in [1.29, 1.82) is 0 Å². The van der Waals surface area contributed by atoms with Crippen molar-refractivity contribution in [3.8, 4) is 5.75 Å². The zero-order valence-corrected chi connectivity index (χ0v) is 11.0. The van der Waals surface area contributed by atoms with Crippen molar-refractivity contribution in [3.05, 3.63) is 59.4 Å². The van der Waals surface area contributed by atoms with Crippen molar-refractivity contribution >= 4 is 11.5 Å². The van der Waals surface area contributed by atoms with Gasteiger partial charge in [-0.25, -0.2) is 4.39 Å². The maximum atomic E-state index is 13.8. The number of benzene rings is 2. The lowest BCUT2D eigenvalue weighted by Crippen LogP contribution is -2.38. The van der Waals surface area contributed by atoms with Crippen LogP contribution >= 0.6 is 0 Å². The Morgan fingerprint density at radius 1 is 1.30 bits per heavy atom. The van der Waals surface area contributed by atoms with E-state index in [1.54, 1.807) is 18.2 Å². The number of halogens is 1. The van der Waals surface area contributed by atoms with Crippen molar-refractivity contribution in [2.75, 3.05) is 11.9 Å². The fraction of sp³-hybridized carbons (Fsp3) is 0.188. The van der Waals surface area contributed by atoms with Crippen LogP contribution in [0.2, 0.25) is 0 Å². The summed E-state index contributed by atoms with van der Waals surface area (Å²) >= 11 is 0. The minimum atomic E-state index is -0.707. The van der Waals surface area contributed by atoms with E-state index in [9.17, 15) is 9.18 Å². The number of Topliss-reactive ketones (excluding diaryl/α,β-unsaturated/α-hetero) is 1. The summed E-state index contributed by atoms with van der Waals surface area (Å²) in [6.07, 6.45) is -0.707. The molecule has 0 saturated carbocycles. The summed E-state index contributed by atoms with van der Waals surface area (Å²) in [6, 6.07) is 11.9. The summed E-state index contributed by atoms with van der Waals surface area (Å²) in [6.45, 7) is 2.16. The van der Waals surface area contributed by atoms with Gasteiger partial charge in [0.25, 0.3) is 0 Å². The quantitative estimate of drug-likeness (QED) is 0.852. The number of fused-ring (bicyclic) bond motifs is 1. The van der Waals surface area contributed by atoms with Gasteiger partial charge < -0.3 is 10.1 Å². The fourth-order valence-corrected chi connectivity index (χ4v) is 2.26. The zero-order valence-electron chi connectivity index (χ0n) is 11.0. The van der Waals surface area contributed by atoms with Gasteiger partial charge >= 0.3 is 0 Å². The molecule has 0 spiro atoms. The molecule has 20 heavy (non-hydrogen) atoms. The third-order valence-electron chi connectivity index (χ3n) is 3.31. The highest BCUT2D eigenvalue weighted by Gasteiger charge is 2.28. The summed E-state index contributed by atoms with van der Waals surface area (Å²) in [5.41, 5.74) is 1.77. The Bertz CT molecular complexity index is 669. The number of rotatable bonds is 2. The number of hydrogen-bond donors (Lipinski definition) is 1. The standard InChI is InChI=1S/C16H14FNO2/c1-10-6-7-12(17)11(8-10)16(19)15-9-18-13-4-2-3-5-14(13)20-15/h2-8,15,18H,9H2,1H3. The molecule has 0 saturated heterocycles. The van der Waals surface area contributed by atoms with Crippen molar-refractivity contribution < 1.29 is 13.9 Å².